The Bertz CT molecular complexity index is 755. The molecule has 0 bridgehead atoms. The average molecular weight is 324 g/mol. The highest BCUT2D eigenvalue weighted by atomic mass is 35.5. The number of nitrogens with one attached hydrogen (secondary N) is 1. The molecule has 4 nitrogen and oxygen atoms in total. The molecule has 2 rings (SSSR count). The molecule has 0 heterocycles. The maximum atomic E-state index is 11.9. The first-order valence-corrected chi connectivity index (χ1v) is 8.46. The van der Waals surface area contributed by atoms with E-state index in [9.17, 15) is 13.2 Å². The number of rotatable bonds is 4. The Morgan fingerprint density at radius 2 is 1.81 bits per heavy atom. The molecule has 0 saturated carbocycles. The van der Waals surface area contributed by atoms with Gasteiger partial charge in [-0.1, -0.05) is 23.7 Å². The van der Waals surface area contributed by atoms with Gasteiger partial charge >= 0.3 is 0 Å². The molecule has 0 radical (unpaired) electrons. The van der Waals surface area contributed by atoms with Crippen LogP contribution in [-0.2, 0) is 21.1 Å². The highest BCUT2D eigenvalue weighted by Crippen LogP contribution is 2.15. The van der Waals surface area contributed by atoms with Gasteiger partial charge in [0, 0.05) is 17.0 Å². The fourth-order valence-corrected chi connectivity index (χ4v) is 2.67. The summed E-state index contributed by atoms with van der Waals surface area (Å²) in [6.07, 6.45) is 1.34. The van der Waals surface area contributed by atoms with Crippen LogP contribution in [0.15, 0.2) is 53.4 Å². The van der Waals surface area contributed by atoms with Crippen LogP contribution in [0.4, 0.5) is 5.69 Å². The summed E-state index contributed by atoms with van der Waals surface area (Å²) in [4.78, 5) is 12.1. The van der Waals surface area contributed by atoms with E-state index in [1.165, 1.54) is 12.1 Å². The van der Waals surface area contributed by atoms with Crippen LogP contribution in [0, 0.1) is 0 Å². The van der Waals surface area contributed by atoms with Crippen molar-refractivity contribution in [1.82, 2.24) is 0 Å². The molecule has 0 spiro atoms. The number of benzene rings is 2. The van der Waals surface area contributed by atoms with E-state index < -0.39 is 9.84 Å². The summed E-state index contributed by atoms with van der Waals surface area (Å²) in [5.74, 6) is -0.190. The zero-order valence-electron chi connectivity index (χ0n) is 11.3. The van der Waals surface area contributed by atoms with Crippen molar-refractivity contribution in [1.29, 1.82) is 0 Å². The summed E-state index contributed by atoms with van der Waals surface area (Å²) in [5, 5.41) is 3.29. The largest absolute Gasteiger partial charge is 0.326 e. The Balaban J connectivity index is 2.03. The lowest BCUT2D eigenvalue weighted by molar-refractivity contribution is -0.115. The Kier molecular flexibility index (Phi) is 4.65. The van der Waals surface area contributed by atoms with Gasteiger partial charge in [0.1, 0.15) is 0 Å². The number of anilines is 1. The van der Waals surface area contributed by atoms with E-state index >= 15 is 0 Å². The number of hydrogen-bond donors (Lipinski definition) is 1. The third kappa shape index (κ3) is 4.58. The van der Waals surface area contributed by atoms with Crippen molar-refractivity contribution in [3.05, 3.63) is 59.1 Å². The van der Waals surface area contributed by atoms with Crippen LogP contribution in [0.5, 0.6) is 0 Å². The molecular formula is C15H14ClNO3S. The monoisotopic (exact) mass is 323 g/mol. The number of halogens is 1. The second-order valence-corrected chi connectivity index (χ2v) is 7.10. The maximum Gasteiger partial charge on any atom is 0.228 e. The van der Waals surface area contributed by atoms with Crippen LogP contribution in [0.25, 0.3) is 0 Å². The zero-order chi connectivity index (χ0) is 15.5. The van der Waals surface area contributed by atoms with Crippen molar-refractivity contribution in [2.75, 3.05) is 11.6 Å². The molecule has 0 saturated heterocycles. The van der Waals surface area contributed by atoms with Crippen LogP contribution < -0.4 is 5.32 Å². The first-order valence-electron chi connectivity index (χ1n) is 6.19. The topological polar surface area (TPSA) is 63.2 Å². The van der Waals surface area contributed by atoms with Crippen molar-refractivity contribution in [3.8, 4) is 0 Å². The molecule has 0 atom stereocenters. The van der Waals surface area contributed by atoms with Gasteiger partial charge in [0.25, 0.3) is 0 Å². The van der Waals surface area contributed by atoms with Crippen molar-refractivity contribution >= 4 is 33.0 Å². The molecule has 0 aliphatic carbocycles. The summed E-state index contributed by atoms with van der Waals surface area (Å²) in [6, 6.07) is 13.1. The summed E-state index contributed by atoms with van der Waals surface area (Å²) < 4.78 is 22.7. The Morgan fingerprint density at radius 1 is 1.14 bits per heavy atom. The highest BCUT2D eigenvalue weighted by molar-refractivity contribution is 7.90. The SMILES string of the molecule is CS(=O)(=O)c1ccc(NC(=O)Cc2cccc(Cl)c2)cc1. The quantitative estimate of drug-likeness (QED) is 0.941. The number of carbonyl (C=O) groups is 1. The van der Waals surface area contributed by atoms with Gasteiger partial charge in [0.15, 0.2) is 9.84 Å². The van der Waals surface area contributed by atoms with Crippen LogP contribution in [-0.4, -0.2) is 20.6 Å². The third-order valence-electron chi connectivity index (χ3n) is 2.82. The second-order valence-electron chi connectivity index (χ2n) is 4.65. The van der Waals surface area contributed by atoms with Gasteiger partial charge in [-0.25, -0.2) is 8.42 Å². The fourth-order valence-electron chi connectivity index (χ4n) is 1.82. The molecular weight excluding hydrogens is 310 g/mol. The van der Waals surface area contributed by atoms with Gasteiger partial charge in [-0.3, -0.25) is 4.79 Å². The Morgan fingerprint density at radius 3 is 2.38 bits per heavy atom. The predicted octanol–water partition coefficient (Wildman–Crippen LogP) is 2.92. The number of amides is 1. The third-order valence-corrected chi connectivity index (χ3v) is 4.18. The lowest BCUT2D eigenvalue weighted by Crippen LogP contribution is -2.14. The minimum absolute atomic E-state index is 0.190. The molecule has 2 aromatic carbocycles. The van der Waals surface area contributed by atoms with E-state index in [1.54, 1.807) is 30.3 Å². The standard InChI is InChI=1S/C15H14ClNO3S/c1-21(19,20)14-7-5-13(6-8-14)17-15(18)10-11-3-2-4-12(16)9-11/h2-9H,10H2,1H3,(H,17,18). The molecule has 0 aliphatic rings. The summed E-state index contributed by atoms with van der Waals surface area (Å²) in [6.45, 7) is 0. The van der Waals surface area contributed by atoms with Gasteiger partial charge in [0.2, 0.25) is 5.91 Å². The first-order chi connectivity index (χ1) is 9.84. The zero-order valence-corrected chi connectivity index (χ0v) is 12.9. The highest BCUT2D eigenvalue weighted by Gasteiger charge is 2.08. The van der Waals surface area contributed by atoms with Crippen LogP contribution in [0.3, 0.4) is 0 Å². The van der Waals surface area contributed by atoms with E-state index in [-0.39, 0.29) is 17.2 Å². The molecule has 2 aromatic rings. The fraction of sp³-hybridized carbons (Fsp3) is 0.133. The van der Waals surface area contributed by atoms with E-state index in [1.807, 2.05) is 6.07 Å². The second kappa shape index (κ2) is 6.28. The summed E-state index contributed by atoms with van der Waals surface area (Å²) in [5.41, 5.74) is 1.36. The lowest BCUT2D eigenvalue weighted by Gasteiger charge is -2.06. The minimum Gasteiger partial charge on any atom is -0.326 e. The van der Waals surface area contributed by atoms with Gasteiger partial charge in [-0.15, -0.1) is 0 Å². The average Bonchev–Trinajstić information content (AvgIpc) is 2.38. The van der Waals surface area contributed by atoms with Gasteiger partial charge in [-0.05, 0) is 42.0 Å². The van der Waals surface area contributed by atoms with Crippen molar-refractivity contribution in [2.24, 2.45) is 0 Å². The van der Waals surface area contributed by atoms with Crippen LogP contribution in [0.1, 0.15) is 5.56 Å². The number of sulfone groups is 1. The van der Waals surface area contributed by atoms with Crippen molar-refractivity contribution < 1.29 is 13.2 Å². The maximum absolute atomic E-state index is 11.9. The molecule has 1 amide bonds. The van der Waals surface area contributed by atoms with E-state index in [0.29, 0.717) is 10.7 Å². The van der Waals surface area contributed by atoms with E-state index in [0.717, 1.165) is 11.8 Å². The van der Waals surface area contributed by atoms with Gasteiger partial charge in [-0.2, -0.15) is 0 Å². The number of carbonyl (C=O) groups excluding carboxylic acids is 1. The van der Waals surface area contributed by atoms with Gasteiger partial charge in [0.05, 0.1) is 11.3 Å². The molecule has 21 heavy (non-hydrogen) atoms. The van der Waals surface area contributed by atoms with Crippen molar-refractivity contribution in [3.63, 3.8) is 0 Å². The molecule has 0 aromatic heterocycles. The molecule has 110 valence electrons. The number of hydrogen-bond acceptors (Lipinski definition) is 3. The van der Waals surface area contributed by atoms with Crippen LogP contribution in [0.2, 0.25) is 5.02 Å². The molecule has 0 fully saturated rings. The van der Waals surface area contributed by atoms with Crippen LogP contribution >= 0.6 is 11.6 Å². The van der Waals surface area contributed by atoms with E-state index in [4.69, 9.17) is 11.6 Å². The summed E-state index contributed by atoms with van der Waals surface area (Å²) in [7, 11) is -3.23. The molecule has 0 unspecified atom stereocenters. The van der Waals surface area contributed by atoms with Crippen molar-refractivity contribution in [2.45, 2.75) is 11.3 Å². The van der Waals surface area contributed by atoms with E-state index in [2.05, 4.69) is 5.32 Å². The Hall–Kier alpha value is -1.85. The molecule has 0 aliphatic heterocycles. The molecule has 6 heteroatoms. The predicted molar refractivity (Wildman–Crippen MR) is 83.3 cm³/mol. The lowest BCUT2D eigenvalue weighted by atomic mass is 10.1. The summed E-state index contributed by atoms with van der Waals surface area (Å²) >= 11 is 5.86. The van der Waals surface area contributed by atoms with Gasteiger partial charge < -0.3 is 5.32 Å². The Labute approximate surface area is 128 Å². The normalized spacial score (nSPS) is 11.1. The molecule has 1 N–H and O–H groups in total. The smallest absolute Gasteiger partial charge is 0.228 e. The first kappa shape index (κ1) is 15.5. The minimum atomic E-state index is -3.23.